The molecular formula is C16H25ClF2N2O2. The van der Waals surface area contributed by atoms with E-state index in [4.69, 9.17) is 10.5 Å². The molecule has 1 aliphatic heterocycles. The zero-order valence-corrected chi connectivity index (χ0v) is 14.3. The van der Waals surface area contributed by atoms with Gasteiger partial charge in [0.25, 0.3) is 0 Å². The Morgan fingerprint density at radius 2 is 2.09 bits per heavy atom. The fourth-order valence-electron chi connectivity index (χ4n) is 2.96. The number of hydrogen-bond donors (Lipinski definition) is 1. The molecule has 2 rings (SSSR count). The Morgan fingerprint density at radius 3 is 2.65 bits per heavy atom. The van der Waals surface area contributed by atoms with Crippen LogP contribution in [0.25, 0.3) is 0 Å². The van der Waals surface area contributed by atoms with Gasteiger partial charge >= 0.3 is 6.61 Å². The highest BCUT2D eigenvalue weighted by molar-refractivity contribution is 5.85. The first-order chi connectivity index (χ1) is 10.5. The van der Waals surface area contributed by atoms with Crippen LogP contribution in [0.5, 0.6) is 11.5 Å². The molecule has 1 aromatic carbocycles. The van der Waals surface area contributed by atoms with Crippen LogP contribution in [0.1, 0.15) is 25.8 Å². The van der Waals surface area contributed by atoms with Crippen LogP contribution in [0.15, 0.2) is 18.2 Å². The van der Waals surface area contributed by atoms with Crippen molar-refractivity contribution < 1.29 is 18.3 Å². The van der Waals surface area contributed by atoms with Crippen LogP contribution in [-0.4, -0.2) is 37.2 Å². The summed E-state index contributed by atoms with van der Waals surface area (Å²) in [4.78, 5) is 2.36. The highest BCUT2D eigenvalue weighted by Crippen LogP contribution is 2.31. The van der Waals surface area contributed by atoms with Gasteiger partial charge < -0.3 is 15.2 Å². The van der Waals surface area contributed by atoms with Crippen molar-refractivity contribution in [2.24, 2.45) is 11.7 Å². The molecular weight excluding hydrogens is 326 g/mol. The van der Waals surface area contributed by atoms with Gasteiger partial charge in [-0.05, 0) is 50.4 Å². The average molecular weight is 351 g/mol. The minimum Gasteiger partial charge on any atom is -0.490 e. The smallest absolute Gasteiger partial charge is 0.387 e. The molecule has 0 bridgehead atoms. The molecule has 0 radical (unpaired) electrons. The van der Waals surface area contributed by atoms with E-state index in [0.717, 1.165) is 25.1 Å². The third-order valence-electron chi connectivity index (χ3n) is 4.03. The number of alkyl halides is 2. The molecule has 1 saturated heterocycles. The Labute approximate surface area is 142 Å². The maximum absolute atomic E-state index is 12.4. The predicted molar refractivity (Wildman–Crippen MR) is 88.5 cm³/mol. The number of nitrogens with zero attached hydrogens (tertiary/aromatic N) is 1. The Kier molecular flexibility index (Phi) is 8.02. The molecule has 0 spiro atoms. The number of rotatable bonds is 7. The van der Waals surface area contributed by atoms with Crippen LogP contribution in [0.3, 0.4) is 0 Å². The number of hydrogen-bond acceptors (Lipinski definition) is 4. The summed E-state index contributed by atoms with van der Waals surface area (Å²) < 4.78 is 34.7. The van der Waals surface area contributed by atoms with Gasteiger partial charge in [0, 0.05) is 19.1 Å². The minimum atomic E-state index is -2.85. The van der Waals surface area contributed by atoms with Gasteiger partial charge in [0.2, 0.25) is 0 Å². The molecule has 0 amide bonds. The van der Waals surface area contributed by atoms with E-state index in [-0.39, 0.29) is 18.2 Å². The molecule has 0 saturated carbocycles. The Bertz CT molecular complexity index is 491. The van der Waals surface area contributed by atoms with Crippen LogP contribution in [0, 0.1) is 5.92 Å². The summed E-state index contributed by atoms with van der Waals surface area (Å²) >= 11 is 0. The molecule has 1 aromatic rings. The van der Waals surface area contributed by atoms with E-state index in [1.165, 1.54) is 0 Å². The van der Waals surface area contributed by atoms with Crippen molar-refractivity contribution in [3.63, 3.8) is 0 Å². The summed E-state index contributed by atoms with van der Waals surface area (Å²) in [7, 11) is 0. The van der Waals surface area contributed by atoms with Gasteiger partial charge in [-0.1, -0.05) is 6.07 Å². The van der Waals surface area contributed by atoms with Crippen molar-refractivity contribution in [2.45, 2.75) is 39.5 Å². The number of nitrogens with two attached hydrogens (primary N) is 1. The van der Waals surface area contributed by atoms with E-state index >= 15 is 0 Å². The third kappa shape index (κ3) is 5.48. The lowest BCUT2D eigenvalue weighted by molar-refractivity contribution is -0.0514. The normalized spacial score (nSPS) is 21.3. The van der Waals surface area contributed by atoms with Crippen molar-refractivity contribution in [3.05, 3.63) is 23.8 Å². The summed E-state index contributed by atoms with van der Waals surface area (Å²) in [5.41, 5.74) is 6.77. The van der Waals surface area contributed by atoms with Gasteiger partial charge in [0.1, 0.15) is 0 Å². The lowest BCUT2D eigenvalue weighted by atomic mass is 10.1. The van der Waals surface area contributed by atoms with Gasteiger partial charge in [-0.15, -0.1) is 12.4 Å². The summed E-state index contributed by atoms with van der Waals surface area (Å²) in [5.74, 6) is 0.972. The van der Waals surface area contributed by atoms with Crippen molar-refractivity contribution in [3.8, 4) is 11.5 Å². The molecule has 1 aliphatic rings. The SMILES string of the molecule is CCOc1cc(CN2CC(CN)CC2C)ccc1OC(F)F.Cl. The van der Waals surface area contributed by atoms with E-state index in [9.17, 15) is 8.78 Å². The molecule has 1 heterocycles. The van der Waals surface area contributed by atoms with Gasteiger partial charge in [-0.25, -0.2) is 0 Å². The number of likely N-dealkylation sites (tertiary alicyclic amines) is 1. The zero-order chi connectivity index (χ0) is 16.1. The second kappa shape index (κ2) is 9.25. The number of benzene rings is 1. The third-order valence-corrected chi connectivity index (χ3v) is 4.03. The molecule has 4 nitrogen and oxygen atoms in total. The van der Waals surface area contributed by atoms with Crippen molar-refractivity contribution in [2.75, 3.05) is 19.7 Å². The van der Waals surface area contributed by atoms with E-state index in [2.05, 4.69) is 16.6 Å². The molecule has 2 unspecified atom stereocenters. The summed E-state index contributed by atoms with van der Waals surface area (Å²) in [5, 5.41) is 0. The average Bonchev–Trinajstić information content (AvgIpc) is 2.82. The Balaban J connectivity index is 0.00000264. The standard InChI is InChI=1S/C16H24F2N2O2.ClH/c1-3-21-15-7-12(4-5-14(15)22-16(17)18)9-20-10-13(8-19)6-11(20)2;/h4-5,7,11,13,16H,3,6,8-10,19H2,1-2H3;1H. The van der Waals surface area contributed by atoms with Crippen molar-refractivity contribution in [1.82, 2.24) is 4.90 Å². The number of ether oxygens (including phenoxy) is 2. The topological polar surface area (TPSA) is 47.7 Å². The predicted octanol–water partition coefficient (Wildman–Crippen LogP) is 3.28. The first-order valence-electron chi connectivity index (χ1n) is 7.68. The van der Waals surface area contributed by atoms with Crippen LogP contribution in [0.2, 0.25) is 0 Å². The van der Waals surface area contributed by atoms with Crippen molar-refractivity contribution >= 4 is 12.4 Å². The molecule has 0 aromatic heterocycles. The molecule has 132 valence electrons. The monoisotopic (exact) mass is 350 g/mol. The Morgan fingerprint density at radius 1 is 1.35 bits per heavy atom. The van der Waals surface area contributed by atoms with E-state index in [1.807, 2.05) is 13.0 Å². The fourth-order valence-corrected chi connectivity index (χ4v) is 2.96. The maximum Gasteiger partial charge on any atom is 0.387 e. The van der Waals surface area contributed by atoms with Gasteiger partial charge in [-0.2, -0.15) is 8.78 Å². The first-order valence-corrected chi connectivity index (χ1v) is 7.68. The van der Waals surface area contributed by atoms with Crippen LogP contribution >= 0.6 is 12.4 Å². The maximum atomic E-state index is 12.4. The van der Waals surface area contributed by atoms with Gasteiger partial charge in [-0.3, -0.25) is 4.90 Å². The highest BCUT2D eigenvalue weighted by Gasteiger charge is 2.28. The molecule has 2 N–H and O–H groups in total. The zero-order valence-electron chi connectivity index (χ0n) is 13.5. The van der Waals surface area contributed by atoms with Crippen LogP contribution in [-0.2, 0) is 6.54 Å². The van der Waals surface area contributed by atoms with E-state index < -0.39 is 6.61 Å². The first kappa shape index (κ1) is 19.9. The second-order valence-electron chi connectivity index (χ2n) is 5.71. The molecule has 0 aliphatic carbocycles. The summed E-state index contributed by atoms with van der Waals surface area (Å²) in [6, 6.07) is 5.61. The lowest BCUT2D eigenvalue weighted by Crippen LogP contribution is -2.27. The van der Waals surface area contributed by atoms with Gasteiger partial charge in [0.15, 0.2) is 11.5 Å². The molecule has 2 atom stereocenters. The highest BCUT2D eigenvalue weighted by atomic mass is 35.5. The largest absolute Gasteiger partial charge is 0.490 e. The second-order valence-corrected chi connectivity index (χ2v) is 5.71. The molecule has 1 fully saturated rings. The minimum absolute atomic E-state index is 0. The van der Waals surface area contributed by atoms with E-state index in [1.54, 1.807) is 12.1 Å². The van der Waals surface area contributed by atoms with Gasteiger partial charge in [0.05, 0.1) is 6.61 Å². The number of halogens is 3. The Hall–Kier alpha value is -1.11. The van der Waals surface area contributed by atoms with E-state index in [0.29, 0.717) is 30.9 Å². The summed E-state index contributed by atoms with van der Waals surface area (Å²) in [6.07, 6.45) is 1.10. The quantitative estimate of drug-likeness (QED) is 0.819. The van der Waals surface area contributed by atoms with Crippen LogP contribution < -0.4 is 15.2 Å². The van der Waals surface area contributed by atoms with Crippen LogP contribution in [0.4, 0.5) is 8.78 Å². The lowest BCUT2D eigenvalue weighted by Gasteiger charge is -2.22. The van der Waals surface area contributed by atoms with Crippen molar-refractivity contribution in [1.29, 1.82) is 0 Å². The molecule has 23 heavy (non-hydrogen) atoms. The fraction of sp³-hybridized carbons (Fsp3) is 0.625. The molecule has 7 heteroatoms. The summed E-state index contributed by atoms with van der Waals surface area (Å²) in [6.45, 7) is 3.98.